The van der Waals surface area contributed by atoms with E-state index in [1.807, 2.05) is 36.4 Å². The van der Waals surface area contributed by atoms with E-state index in [1.54, 1.807) is 0 Å². The molecule has 0 saturated heterocycles. The third-order valence-electron chi connectivity index (χ3n) is 11.2. The maximum atomic E-state index is 6.67. The van der Waals surface area contributed by atoms with Crippen molar-refractivity contribution >= 4 is 65.6 Å². The van der Waals surface area contributed by atoms with Crippen molar-refractivity contribution in [2.75, 3.05) is 0 Å². The SMILES string of the molecule is c1ccc(-c2nc(-c3ccc4c(c3)oc3c(-c5ccccc5)cccc34)nc(-n3c4ccccc4c4cc5c6ccccc6n(-c6ccccc6)c5cc43)n2)cc1. The summed E-state index contributed by atoms with van der Waals surface area (Å²) in [6, 6.07) is 65.5. The molecule has 0 spiro atoms. The second-order valence-corrected chi connectivity index (χ2v) is 14.4. The Kier molecular flexibility index (Phi) is 6.83. The molecular weight excluding hydrogens is 699 g/mol. The Morgan fingerprint density at radius 2 is 0.930 bits per heavy atom. The molecule has 0 aliphatic heterocycles. The summed E-state index contributed by atoms with van der Waals surface area (Å²) in [5, 5.41) is 6.79. The molecule has 8 aromatic carbocycles. The Morgan fingerprint density at radius 3 is 1.65 bits per heavy atom. The van der Waals surface area contributed by atoms with Gasteiger partial charge in [0.05, 0.1) is 22.1 Å². The molecule has 0 atom stereocenters. The molecule has 0 saturated carbocycles. The molecule has 0 fully saturated rings. The van der Waals surface area contributed by atoms with E-state index in [0.717, 1.165) is 82.7 Å². The van der Waals surface area contributed by atoms with Crippen LogP contribution in [-0.4, -0.2) is 24.1 Å². The minimum atomic E-state index is 0.544. The smallest absolute Gasteiger partial charge is 0.238 e. The van der Waals surface area contributed by atoms with Gasteiger partial charge in [-0.15, -0.1) is 0 Å². The molecule has 4 aromatic heterocycles. The summed E-state index contributed by atoms with van der Waals surface area (Å²) in [5.74, 6) is 1.70. The lowest BCUT2D eigenvalue weighted by molar-refractivity contribution is 0.670. The van der Waals surface area contributed by atoms with Crippen molar-refractivity contribution in [3.05, 3.63) is 188 Å². The van der Waals surface area contributed by atoms with Gasteiger partial charge in [0.25, 0.3) is 0 Å². The van der Waals surface area contributed by atoms with Crippen LogP contribution in [0.5, 0.6) is 0 Å². The molecular formula is C51H31N5O. The second-order valence-electron chi connectivity index (χ2n) is 14.4. The first-order valence-corrected chi connectivity index (χ1v) is 19.1. The third kappa shape index (κ3) is 4.87. The molecule has 0 unspecified atom stereocenters. The average Bonchev–Trinajstić information content (AvgIpc) is 3.93. The fourth-order valence-electron chi connectivity index (χ4n) is 8.59. The Labute approximate surface area is 326 Å². The molecule has 0 aliphatic rings. The predicted octanol–water partition coefficient (Wildman–Crippen LogP) is 13.0. The number of para-hydroxylation sites is 4. The van der Waals surface area contributed by atoms with E-state index in [1.165, 1.54) is 10.8 Å². The largest absolute Gasteiger partial charge is 0.455 e. The van der Waals surface area contributed by atoms with Gasteiger partial charge in [0, 0.05) is 54.7 Å². The number of benzene rings is 8. The lowest BCUT2D eigenvalue weighted by atomic mass is 10.0. The summed E-state index contributed by atoms with van der Waals surface area (Å²) < 4.78 is 11.2. The van der Waals surface area contributed by atoms with Crippen molar-refractivity contribution in [2.24, 2.45) is 0 Å². The Morgan fingerprint density at radius 1 is 0.351 bits per heavy atom. The quantitative estimate of drug-likeness (QED) is 0.177. The zero-order valence-electron chi connectivity index (χ0n) is 30.5. The molecule has 0 N–H and O–H groups in total. The Bertz CT molecular complexity index is 3510. The monoisotopic (exact) mass is 729 g/mol. The van der Waals surface area contributed by atoms with Gasteiger partial charge in [-0.25, -0.2) is 4.98 Å². The van der Waals surface area contributed by atoms with Crippen LogP contribution in [0.15, 0.2) is 192 Å². The average molecular weight is 730 g/mol. The summed E-state index contributed by atoms with van der Waals surface area (Å²) in [5.41, 5.74) is 11.0. The minimum Gasteiger partial charge on any atom is -0.455 e. The Balaban J connectivity index is 1.12. The molecule has 0 amide bonds. The van der Waals surface area contributed by atoms with Gasteiger partial charge in [0.15, 0.2) is 11.6 Å². The maximum Gasteiger partial charge on any atom is 0.238 e. The number of aromatic nitrogens is 5. The highest BCUT2D eigenvalue weighted by Crippen LogP contribution is 2.41. The van der Waals surface area contributed by atoms with Gasteiger partial charge in [-0.3, -0.25) is 4.57 Å². The van der Waals surface area contributed by atoms with E-state index in [0.29, 0.717) is 17.6 Å². The minimum absolute atomic E-state index is 0.544. The van der Waals surface area contributed by atoms with Crippen molar-refractivity contribution < 1.29 is 4.42 Å². The lowest BCUT2D eigenvalue weighted by Crippen LogP contribution is -2.06. The van der Waals surface area contributed by atoms with Crippen molar-refractivity contribution in [1.29, 1.82) is 0 Å². The number of nitrogens with zero attached hydrogens (tertiary/aromatic N) is 5. The van der Waals surface area contributed by atoms with Gasteiger partial charge in [0.2, 0.25) is 5.95 Å². The fraction of sp³-hybridized carbons (Fsp3) is 0. The molecule has 6 heteroatoms. The summed E-state index contributed by atoms with van der Waals surface area (Å²) in [6.45, 7) is 0. The zero-order valence-corrected chi connectivity index (χ0v) is 30.5. The van der Waals surface area contributed by atoms with Gasteiger partial charge in [-0.1, -0.05) is 140 Å². The van der Waals surface area contributed by atoms with Crippen molar-refractivity contribution in [3.63, 3.8) is 0 Å². The second kappa shape index (κ2) is 12.3. The standard InChI is InChI=1S/C51H31N5O/c1-4-15-32(16-5-1)36-23-14-24-40-39-28-27-34(29-47(39)57-48(36)40)50-52-49(33-17-6-2-7-18-33)53-51(54-50)56-44-26-13-11-22-38(44)42-30-41-37-21-10-12-25-43(37)55(45(41)31-46(42)56)35-19-8-3-9-20-35/h1-31H. The molecule has 12 aromatic rings. The molecule has 0 aliphatic carbocycles. The highest BCUT2D eigenvalue weighted by Gasteiger charge is 2.22. The highest BCUT2D eigenvalue weighted by atomic mass is 16.3. The van der Waals surface area contributed by atoms with Gasteiger partial charge in [0.1, 0.15) is 11.2 Å². The van der Waals surface area contributed by atoms with Crippen molar-refractivity contribution in [1.82, 2.24) is 24.1 Å². The van der Waals surface area contributed by atoms with E-state index in [4.69, 9.17) is 19.4 Å². The van der Waals surface area contributed by atoms with Crippen molar-refractivity contribution in [2.45, 2.75) is 0 Å². The van der Waals surface area contributed by atoms with Crippen LogP contribution in [0.1, 0.15) is 0 Å². The highest BCUT2D eigenvalue weighted by molar-refractivity contribution is 6.19. The van der Waals surface area contributed by atoms with E-state index >= 15 is 0 Å². The molecule has 4 heterocycles. The van der Waals surface area contributed by atoms with Crippen LogP contribution >= 0.6 is 0 Å². The predicted molar refractivity (Wildman–Crippen MR) is 232 cm³/mol. The first-order chi connectivity index (χ1) is 28.3. The normalized spacial score (nSPS) is 11.9. The van der Waals surface area contributed by atoms with Crippen LogP contribution in [0.2, 0.25) is 0 Å². The van der Waals surface area contributed by atoms with Crippen LogP contribution in [0.25, 0.3) is 111 Å². The van der Waals surface area contributed by atoms with Crippen LogP contribution < -0.4 is 0 Å². The molecule has 0 bridgehead atoms. The summed E-state index contributed by atoms with van der Waals surface area (Å²) >= 11 is 0. The molecule has 57 heavy (non-hydrogen) atoms. The first kappa shape index (κ1) is 31.5. The van der Waals surface area contributed by atoms with Gasteiger partial charge >= 0.3 is 0 Å². The molecule has 6 nitrogen and oxygen atoms in total. The summed E-state index contributed by atoms with van der Waals surface area (Å²) in [6.07, 6.45) is 0. The fourth-order valence-corrected chi connectivity index (χ4v) is 8.59. The topological polar surface area (TPSA) is 61.7 Å². The van der Waals surface area contributed by atoms with Crippen LogP contribution in [0.3, 0.4) is 0 Å². The van der Waals surface area contributed by atoms with E-state index in [9.17, 15) is 0 Å². The van der Waals surface area contributed by atoms with Gasteiger partial charge in [-0.05, 0) is 54.1 Å². The Hall–Kier alpha value is -7.83. The third-order valence-corrected chi connectivity index (χ3v) is 11.2. The molecule has 0 radical (unpaired) electrons. The van der Waals surface area contributed by atoms with Crippen molar-refractivity contribution in [3.8, 4) is 45.5 Å². The van der Waals surface area contributed by atoms with E-state index in [-0.39, 0.29) is 0 Å². The zero-order chi connectivity index (χ0) is 37.5. The number of hydrogen-bond donors (Lipinski definition) is 0. The van der Waals surface area contributed by atoms with Crippen LogP contribution in [0.4, 0.5) is 0 Å². The molecule has 266 valence electrons. The molecule has 12 rings (SSSR count). The number of fused-ring (bicyclic) bond motifs is 9. The lowest BCUT2D eigenvalue weighted by Gasteiger charge is -2.11. The van der Waals surface area contributed by atoms with Gasteiger partial charge < -0.3 is 8.98 Å². The number of hydrogen-bond acceptors (Lipinski definition) is 4. The van der Waals surface area contributed by atoms with E-state index < -0.39 is 0 Å². The number of furan rings is 1. The maximum absolute atomic E-state index is 6.67. The summed E-state index contributed by atoms with van der Waals surface area (Å²) in [4.78, 5) is 15.6. The van der Waals surface area contributed by atoms with Crippen LogP contribution in [0, 0.1) is 0 Å². The summed E-state index contributed by atoms with van der Waals surface area (Å²) in [7, 11) is 0. The first-order valence-electron chi connectivity index (χ1n) is 19.1. The van der Waals surface area contributed by atoms with E-state index in [2.05, 4.69) is 161 Å². The van der Waals surface area contributed by atoms with Crippen LogP contribution in [-0.2, 0) is 0 Å². The number of rotatable bonds is 5. The van der Waals surface area contributed by atoms with Gasteiger partial charge in [-0.2, -0.15) is 9.97 Å².